The van der Waals surface area contributed by atoms with Crippen LogP contribution in [0.25, 0.3) is 0 Å². The number of nitrogens with one attached hydrogen (secondary N) is 1. The van der Waals surface area contributed by atoms with Gasteiger partial charge in [-0.1, -0.05) is 20.8 Å². The molecule has 0 spiro atoms. The topological polar surface area (TPSA) is 150 Å². The SMILES string of the molecule is CC[C@H]1O[C@H](OCCNCCO[C@H]2O[C@H](CO)[C@@H](O)[C@H](O)[C@@H]2C)[C@@H](O)[C@@H](O)[C@@H]1C. The van der Waals surface area contributed by atoms with Crippen molar-refractivity contribution in [3.05, 3.63) is 0 Å². The molecule has 0 aromatic rings. The van der Waals surface area contributed by atoms with Crippen LogP contribution in [0.5, 0.6) is 0 Å². The summed E-state index contributed by atoms with van der Waals surface area (Å²) in [6.07, 6.45) is -6.02. The Labute approximate surface area is 171 Å². The maximum Gasteiger partial charge on any atom is 0.186 e. The summed E-state index contributed by atoms with van der Waals surface area (Å²) in [5.41, 5.74) is 0. The van der Waals surface area contributed by atoms with Crippen LogP contribution in [0.1, 0.15) is 27.2 Å². The lowest BCUT2D eigenvalue weighted by Gasteiger charge is -2.41. The van der Waals surface area contributed by atoms with Crippen LogP contribution in [0.15, 0.2) is 0 Å². The van der Waals surface area contributed by atoms with Crippen molar-refractivity contribution in [2.24, 2.45) is 11.8 Å². The number of aliphatic hydroxyl groups is 5. The summed E-state index contributed by atoms with van der Waals surface area (Å²) < 4.78 is 22.4. The molecule has 0 amide bonds. The molecule has 0 aromatic heterocycles. The molecule has 10 atom stereocenters. The molecule has 0 unspecified atom stereocenters. The van der Waals surface area contributed by atoms with Crippen LogP contribution >= 0.6 is 0 Å². The Bertz CT molecular complexity index is 427. The van der Waals surface area contributed by atoms with Gasteiger partial charge < -0.3 is 49.8 Å². The number of hydrogen-bond acceptors (Lipinski definition) is 10. The molecular formula is C19H37NO9. The first kappa shape index (κ1) is 24.9. The number of ether oxygens (including phenoxy) is 4. The van der Waals surface area contributed by atoms with Gasteiger partial charge in [-0.25, -0.2) is 0 Å². The molecular weight excluding hydrogens is 386 g/mol. The van der Waals surface area contributed by atoms with Crippen molar-refractivity contribution < 1.29 is 44.5 Å². The van der Waals surface area contributed by atoms with Crippen LogP contribution in [-0.2, 0) is 18.9 Å². The highest BCUT2D eigenvalue weighted by Crippen LogP contribution is 2.28. The van der Waals surface area contributed by atoms with Crippen molar-refractivity contribution in [1.29, 1.82) is 0 Å². The summed E-state index contributed by atoms with van der Waals surface area (Å²) in [5.74, 6) is -0.582. The van der Waals surface area contributed by atoms with Crippen molar-refractivity contribution in [2.75, 3.05) is 32.9 Å². The number of hydrogen-bond donors (Lipinski definition) is 6. The van der Waals surface area contributed by atoms with Crippen molar-refractivity contribution in [3.8, 4) is 0 Å². The van der Waals surface area contributed by atoms with Gasteiger partial charge in [0.2, 0.25) is 0 Å². The predicted molar refractivity (Wildman–Crippen MR) is 102 cm³/mol. The van der Waals surface area contributed by atoms with Gasteiger partial charge in [0.05, 0.1) is 38.1 Å². The standard InChI is InChI=1S/C19H37NO9/c1-4-12-10(2)14(22)17(25)19(28-12)27-8-6-20-5-7-26-18-11(3)15(23)16(24)13(9-21)29-18/h10-25H,4-9H2,1-3H3/t10-,11+,12-,13-,14+,15-,16-,17+,18+,19+/m1/s1. The van der Waals surface area contributed by atoms with Gasteiger partial charge in [0, 0.05) is 24.9 Å². The zero-order valence-corrected chi connectivity index (χ0v) is 17.4. The predicted octanol–water partition coefficient (Wildman–Crippen LogP) is -1.82. The van der Waals surface area contributed by atoms with Gasteiger partial charge in [0.1, 0.15) is 18.3 Å². The third-order valence-corrected chi connectivity index (χ3v) is 5.77. The van der Waals surface area contributed by atoms with Crippen LogP contribution in [0, 0.1) is 11.8 Å². The van der Waals surface area contributed by atoms with Crippen molar-refractivity contribution in [2.45, 2.75) is 76.4 Å². The van der Waals surface area contributed by atoms with Crippen LogP contribution in [0.4, 0.5) is 0 Å². The van der Waals surface area contributed by atoms with E-state index in [1.54, 1.807) is 6.92 Å². The molecule has 0 aromatic carbocycles. The Morgan fingerprint density at radius 3 is 1.90 bits per heavy atom. The molecule has 2 saturated heterocycles. The molecule has 29 heavy (non-hydrogen) atoms. The van der Waals surface area contributed by atoms with E-state index in [0.29, 0.717) is 19.7 Å². The highest BCUT2D eigenvalue weighted by molar-refractivity contribution is 4.87. The van der Waals surface area contributed by atoms with Gasteiger partial charge in [0.25, 0.3) is 0 Å². The summed E-state index contributed by atoms with van der Waals surface area (Å²) in [5, 5.41) is 52.4. The van der Waals surface area contributed by atoms with Crippen LogP contribution in [0.3, 0.4) is 0 Å². The molecule has 0 saturated carbocycles. The van der Waals surface area contributed by atoms with Crippen LogP contribution in [0.2, 0.25) is 0 Å². The van der Waals surface area contributed by atoms with E-state index in [4.69, 9.17) is 18.9 Å². The number of aliphatic hydroxyl groups excluding tert-OH is 5. The van der Waals surface area contributed by atoms with E-state index in [2.05, 4.69) is 5.32 Å². The largest absolute Gasteiger partial charge is 0.394 e. The minimum Gasteiger partial charge on any atom is -0.394 e. The molecule has 0 bridgehead atoms. The van der Waals surface area contributed by atoms with Gasteiger partial charge in [0.15, 0.2) is 12.6 Å². The Hall–Kier alpha value is -0.400. The van der Waals surface area contributed by atoms with Crippen LogP contribution in [-0.4, -0.2) is 108 Å². The second-order valence-corrected chi connectivity index (χ2v) is 7.85. The Balaban J connectivity index is 1.61. The third kappa shape index (κ3) is 6.30. The molecule has 10 nitrogen and oxygen atoms in total. The smallest absolute Gasteiger partial charge is 0.186 e. The van der Waals surface area contributed by atoms with E-state index >= 15 is 0 Å². The number of rotatable bonds is 10. The first-order valence-electron chi connectivity index (χ1n) is 10.4. The zero-order valence-electron chi connectivity index (χ0n) is 17.4. The monoisotopic (exact) mass is 423 g/mol. The fourth-order valence-corrected chi connectivity index (χ4v) is 3.70. The van der Waals surface area contributed by atoms with Gasteiger partial charge in [-0.15, -0.1) is 0 Å². The molecule has 0 radical (unpaired) electrons. The fraction of sp³-hybridized carbons (Fsp3) is 1.00. The Morgan fingerprint density at radius 1 is 0.759 bits per heavy atom. The van der Waals surface area contributed by atoms with E-state index in [-0.39, 0.29) is 18.6 Å². The minimum absolute atomic E-state index is 0.153. The maximum atomic E-state index is 10.1. The lowest BCUT2D eigenvalue weighted by Crippen LogP contribution is -2.55. The third-order valence-electron chi connectivity index (χ3n) is 5.77. The van der Waals surface area contributed by atoms with E-state index in [0.717, 1.165) is 6.42 Å². The summed E-state index contributed by atoms with van der Waals surface area (Å²) >= 11 is 0. The normalized spacial score (nSPS) is 43.4. The second-order valence-electron chi connectivity index (χ2n) is 7.85. The lowest BCUT2D eigenvalue weighted by molar-refractivity contribution is -0.283. The average molecular weight is 424 g/mol. The van der Waals surface area contributed by atoms with Gasteiger partial charge in [-0.05, 0) is 6.42 Å². The van der Waals surface area contributed by atoms with E-state index in [1.165, 1.54) is 0 Å². The molecule has 2 aliphatic rings. The summed E-state index contributed by atoms with van der Waals surface area (Å²) in [7, 11) is 0. The van der Waals surface area contributed by atoms with Gasteiger partial charge in [-0.2, -0.15) is 0 Å². The van der Waals surface area contributed by atoms with Crippen LogP contribution < -0.4 is 5.32 Å². The highest BCUT2D eigenvalue weighted by atomic mass is 16.7. The van der Waals surface area contributed by atoms with Gasteiger partial charge >= 0.3 is 0 Å². The fourth-order valence-electron chi connectivity index (χ4n) is 3.70. The molecule has 172 valence electrons. The average Bonchev–Trinajstić information content (AvgIpc) is 2.72. The molecule has 2 rings (SSSR count). The summed E-state index contributed by atoms with van der Waals surface area (Å²) in [4.78, 5) is 0. The summed E-state index contributed by atoms with van der Waals surface area (Å²) in [6, 6.07) is 0. The maximum absolute atomic E-state index is 10.1. The van der Waals surface area contributed by atoms with Crippen molar-refractivity contribution in [3.63, 3.8) is 0 Å². The first-order valence-corrected chi connectivity index (χ1v) is 10.4. The second kappa shape index (κ2) is 11.8. The van der Waals surface area contributed by atoms with Crippen molar-refractivity contribution in [1.82, 2.24) is 5.32 Å². The molecule has 6 N–H and O–H groups in total. The van der Waals surface area contributed by atoms with E-state index in [1.807, 2.05) is 13.8 Å². The van der Waals surface area contributed by atoms with E-state index < -0.39 is 55.6 Å². The minimum atomic E-state index is -1.14. The van der Waals surface area contributed by atoms with E-state index in [9.17, 15) is 25.5 Å². The van der Waals surface area contributed by atoms with Gasteiger partial charge in [-0.3, -0.25) is 0 Å². The molecule has 0 aliphatic carbocycles. The lowest BCUT2D eigenvalue weighted by atomic mass is 9.89. The quantitative estimate of drug-likeness (QED) is 0.222. The molecule has 2 aliphatic heterocycles. The molecule has 10 heteroatoms. The summed E-state index contributed by atoms with van der Waals surface area (Å²) in [6.45, 7) is 6.68. The Kier molecular flexibility index (Phi) is 10.2. The van der Waals surface area contributed by atoms with Crippen molar-refractivity contribution >= 4 is 0 Å². The highest BCUT2D eigenvalue weighted by Gasteiger charge is 2.43. The Morgan fingerprint density at radius 2 is 1.31 bits per heavy atom. The zero-order chi connectivity index (χ0) is 21.6. The molecule has 2 fully saturated rings. The molecule has 2 heterocycles. The first-order chi connectivity index (χ1) is 13.8.